The molecule has 1 aliphatic rings. The molecule has 6 nitrogen and oxygen atoms in total. The predicted octanol–water partition coefficient (Wildman–Crippen LogP) is 4.24. The highest BCUT2D eigenvalue weighted by Gasteiger charge is 2.27. The lowest BCUT2D eigenvalue weighted by atomic mass is 9.89. The Balaban J connectivity index is 0.00000320. The Kier molecular flexibility index (Phi) is 10.4. The number of methoxy groups -OCH3 is 1. The molecule has 30 heavy (non-hydrogen) atoms. The van der Waals surface area contributed by atoms with Crippen LogP contribution in [-0.4, -0.2) is 37.7 Å². The Morgan fingerprint density at radius 3 is 2.77 bits per heavy atom. The van der Waals surface area contributed by atoms with E-state index in [0.717, 1.165) is 44.1 Å². The molecule has 0 aliphatic carbocycles. The predicted molar refractivity (Wildman–Crippen MR) is 132 cm³/mol. The summed E-state index contributed by atoms with van der Waals surface area (Å²) in [4.78, 5) is 8.87. The third-order valence-corrected chi connectivity index (χ3v) is 5.15. The zero-order valence-electron chi connectivity index (χ0n) is 18.1. The van der Waals surface area contributed by atoms with Gasteiger partial charge in [-0.3, -0.25) is 0 Å². The molecule has 2 N–H and O–H groups in total. The molecule has 0 saturated carbocycles. The largest absolute Gasteiger partial charge is 0.481 e. The number of hydrogen-bond donors (Lipinski definition) is 2. The number of nitrogens with zero attached hydrogens (tertiary/aromatic N) is 2. The Hall–Kier alpha value is -1.87. The monoisotopic (exact) mass is 524 g/mol. The van der Waals surface area contributed by atoms with Crippen LogP contribution in [-0.2, 0) is 11.3 Å². The molecule has 2 atom stereocenters. The maximum atomic E-state index is 6.14. The van der Waals surface area contributed by atoms with Crippen molar-refractivity contribution in [3.8, 4) is 5.88 Å². The van der Waals surface area contributed by atoms with Crippen LogP contribution in [0.15, 0.2) is 47.6 Å². The zero-order chi connectivity index (χ0) is 20.5. The van der Waals surface area contributed by atoms with E-state index in [1.807, 2.05) is 12.1 Å². The van der Waals surface area contributed by atoms with Crippen molar-refractivity contribution in [2.75, 3.05) is 26.8 Å². The maximum absolute atomic E-state index is 6.14. The van der Waals surface area contributed by atoms with Gasteiger partial charge >= 0.3 is 0 Å². The van der Waals surface area contributed by atoms with Gasteiger partial charge in [-0.2, -0.15) is 0 Å². The van der Waals surface area contributed by atoms with Gasteiger partial charge < -0.3 is 20.1 Å². The molecule has 2 aromatic rings. The van der Waals surface area contributed by atoms with Crippen LogP contribution < -0.4 is 15.4 Å². The van der Waals surface area contributed by atoms with E-state index in [1.165, 1.54) is 11.1 Å². The van der Waals surface area contributed by atoms with Gasteiger partial charge in [0, 0.05) is 37.9 Å². The number of aliphatic imine (C=N–C) groups is 1. The minimum Gasteiger partial charge on any atom is -0.481 e. The molecule has 0 amide bonds. The number of aryl methyl sites for hydroxylation is 1. The van der Waals surface area contributed by atoms with E-state index < -0.39 is 0 Å². The van der Waals surface area contributed by atoms with Crippen LogP contribution in [0, 0.1) is 12.8 Å². The van der Waals surface area contributed by atoms with Gasteiger partial charge in [-0.1, -0.05) is 29.8 Å². The quantitative estimate of drug-likeness (QED) is 0.322. The fourth-order valence-electron chi connectivity index (χ4n) is 3.58. The van der Waals surface area contributed by atoms with Gasteiger partial charge in [0.2, 0.25) is 5.88 Å². The summed E-state index contributed by atoms with van der Waals surface area (Å²) in [6, 6.07) is 12.6. The van der Waals surface area contributed by atoms with E-state index >= 15 is 0 Å². The lowest BCUT2D eigenvalue weighted by molar-refractivity contribution is -0.0265. The zero-order valence-corrected chi connectivity index (χ0v) is 20.4. The second kappa shape index (κ2) is 12.7. The SMILES string of the molecule is CCNC(=NCc1ccnc(OC)c1)NCC1CCCOC1c1ccc(C)cc1.I. The Morgan fingerprint density at radius 1 is 1.23 bits per heavy atom. The van der Waals surface area contributed by atoms with Gasteiger partial charge in [0.25, 0.3) is 0 Å². The lowest BCUT2D eigenvalue weighted by Crippen LogP contribution is -2.42. The molecule has 1 aliphatic heterocycles. The number of guanidine groups is 1. The van der Waals surface area contributed by atoms with Crippen molar-refractivity contribution in [3.05, 3.63) is 59.3 Å². The van der Waals surface area contributed by atoms with E-state index in [0.29, 0.717) is 18.3 Å². The molecule has 3 rings (SSSR count). The van der Waals surface area contributed by atoms with Crippen molar-refractivity contribution in [2.24, 2.45) is 10.9 Å². The van der Waals surface area contributed by atoms with Crippen molar-refractivity contribution in [2.45, 2.75) is 39.3 Å². The number of aromatic nitrogens is 1. The third-order valence-electron chi connectivity index (χ3n) is 5.15. The molecule has 0 radical (unpaired) electrons. The van der Waals surface area contributed by atoms with Gasteiger partial charge in [0.1, 0.15) is 0 Å². The standard InChI is InChI=1S/C23H32N4O2.HI/c1-4-24-23(26-15-18-11-12-25-21(14-18)28-3)27-16-20-6-5-13-29-22(20)19-9-7-17(2)8-10-19;/h7-12,14,20,22H,4-6,13,15-16H2,1-3H3,(H2,24,26,27);1H. The fraction of sp³-hybridized carbons (Fsp3) is 0.478. The van der Waals surface area contributed by atoms with Gasteiger partial charge in [0.15, 0.2) is 5.96 Å². The number of nitrogens with one attached hydrogen (secondary N) is 2. The second-order valence-electron chi connectivity index (χ2n) is 7.39. The Labute approximate surface area is 196 Å². The van der Waals surface area contributed by atoms with Crippen LogP contribution >= 0.6 is 24.0 Å². The first-order valence-electron chi connectivity index (χ1n) is 10.4. The van der Waals surface area contributed by atoms with Crippen LogP contribution in [0.4, 0.5) is 0 Å². The number of halogens is 1. The maximum Gasteiger partial charge on any atom is 0.213 e. The molecular formula is C23H33IN4O2. The van der Waals surface area contributed by atoms with E-state index in [4.69, 9.17) is 14.5 Å². The molecule has 0 spiro atoms. The fourth-order valence-corrected chi connectivity index (χ4v) is 3.58. The Morgan fingerprint density at radius 2 is 2.03 bits per heavy atom. The topological polar surface area (TPSA) is 67.8 Å². The first-order valence-corrected chi connectivity index (χ1v) is 10.4. The molecular weight excluding hydrogens is 491 g/mol. The smallest absolute Gasteiger partial charge is 0.213 e. The summed E-state index contributed by atoms with van der Waals surface area (Å²) in [5.74, 6) is 1.84. The first-order chi connectivity index (χ1) is 14.2. The van der Waals surface area contributed by atoms with Crippen molar-refractivity contribution in [3.63, 3.8) is 0 Å². The molecule has 0 bridgehead atoms. The van der Waals surface area contributed by atoms with Crippen molar-refractivity contribution < 1.29 is 9.47 Å². The minimum absolute atomic E-state index is 0. The van der Waals surface area contributed by atoms with Gasteiger partial charge in [-0.15, -0.1) is 24.0 Å². The number of pyridine rings is 1. The van der Waals surface area contributed by atoms with Crippen molar-refractivity contribution >= 4 is 29.9 Å². The van der Waals surface area contributed by atoms with Crippen molar-refractivity contribution in [1.82, 2.24) is 15.6 Å². The average Bonchev–Trinajstić information content (AvgIpc) is 2.76. The minimum atomic E-state index is 0. The summed E-state index contributed by atoms with van der Waals surface area (Å²) < 4.78 is 11.3. The number of rotatable bonds is 7. The lowest BCUT2D eigenvalue weighted by Gasteiger charge is -2.32. The highest BCUT2D eigenvalue weighted by atomic mass is 127. The molecule has 2 unspecified atom stereocenters. The highest BCUT2D eigenvalue weighted by Crippen LogP contribution is 2.33. The van der Waals surface area contributed by atoms with Gasteiger partial charge in [0.05, 0.1) is 19.8 Å². The Bertz CT molecular complexity index is 798. The summed E-state index contributed by atoms with van der Waals surface area (Å²) in [6.07, 6.45) is 4.12. The van der Waals surface area contributed by atoms with E-state index in [1.54, 1.807) is 13.3 Å². The van der Waals surface area contributed by atoms with E-state index in [9.17, 15) is 0 Å². The van der Waals surface area contributed by atoms with Crippen molar-refractivity contribution in [1.29, 1.82) is 0 Å². The summed E-state index contributed by atoms with van der Waals surface area (Å²) >= 11 is 0. The summed E-state index contributed by atoms with van der Waals surface area (Å²) in [6.45, 7) is 7.22. The molecule has 164 valence electrons. The third kappa shape index (κ3) is 7.12. The normalized spacial score (nSPS) is 19.0. The van der Waals surface area contributed by atoms with Crippen LogP contribution in [0.5, 0.6) is 5.88 Å². The van der Waals surface area contributed by atoms with Crippen LogP contribution in [0.25, 0.3) is 0 Å². The number of hydrogen-bond acceptors (Lipinski definition) is 4. The highest BCUT2D eigenvalue weighted by molar-refractivity contribution is 14.0. The van der Waals surface area contributed by atoms with Crippen LogP contribution in [0.3, 0.4) is 0 Å². The molecule has 2 heterocycles. The van der Waals surface area contributed by atoms with Gasteiger partial charge in [-0.25, -0.2) is 9.98 Å². The van der Waals surface area contributed by atoms with E-state index in [-0.39, 0.29) is 30.1 Å². The molecule has 1 fully saturated rings. The summed E-state index contributed by atoms with van der Waals surface area (Å²) in [7, 11) is 1.62. The first kappa shape index (κ1) is 24.4. The average molecular weight is 524 g/mol. The summed E-state index contributed by atoms with van der Waals surface area (Å²) in [5, 5.41) is 6.85. The summed E-state index contributed by atoms with van der Waals surface area (Å²) in [5.41, 5.74) is 3.59. The van der Waals surface area contributed by atoms with Crippen LogP contribution in [0.2, 0.25) is 0 Å². The molecule has 1 aromatic heterocycles. The number of benzene rings is 1. The van der Waals surface area contributed by atoms with Crippen LogP contribution in [0.1, 0.15) is 42.6 Å². The number of ether oxygens (including phenoxy) is 2. The molecule has 1 saturated heterocycles. The van der Waals surface area contributed by atoms with Gasteiger partial charge in [-0.05, 0) is 43.9 Å². The second-order valence-corrected chi connectivity index (χ2v) is 7.39. The molecule has 7 heteroatoms. The van der Waals surface area contributed by atoms with E-state index in [2.05, 4.69) is 53.7 Å². The molecule has 1 aromatic carbocycles.